The Labute approximate surface area is 151 Å². The summed E-state index contributed by atoms with van der Waals surface area (Å²) in [4.78, 5) is 16.6. The van der Waals surface area contributed by atoms with Gasteiger partial charge in [-0.3, -0.25) is 9.69 Å². The van der Waals surface area contributed by atoms with Gasteiger partial charge in [0.05, 0.1) is 6.54 Å². The molecular formula is C17H23N5O2S. The Morgan fingerprint density at radius 1 is 1.40 bits per heavy atom. The summed E-state index contributed by atoms with van der Waals surface area (Å²) in [5, 5.41) is 9.58. The average molecular weight is 361 g/mol. The molecule has 0 N–H and O–H groups in total. The maximum absolute atomic E-state index is 12.1. The molecule has 0 spiro atoms. The molecule has 2 aromatic rings. The molecular weight excluding hydrogens is 338 g/mol. The summed E-state index contributed by atoms with van der Waals surface area (Å²) in [6.07, 6.45) is 3.40. The molecule has 25 heavy (non-hydrogen) atoms. The molecule has 0 radical (unpaired) electrons. The number of amides is 1. The van der Waals surface area contributed by atoms with Crippen molar-refractivity contribution in [3.8, 4) is 0 Å². The summed E-state index contributed by atoms with van der Waals surface area (Å²) >= 11 is 1.47. The molecule has 0 bridgehead atoms. The van der Waals surface area contributed by atoms with Crippen LogP contribution >= 0.6 is 11.8 Å². The van der Waals surface area contributed by atoms with Gasteiger partial charge in [-0.1, -0.05) is 6.92 Å². The lowest BCUT2D eigenvalue weighted by Gasteiger charge is -2.24. The summed E-state index contributed by atoms with van der Waals surface area (Å²) in [6, 6.07) is 4.40. The van der Waals surface area contributed by atoms with Crippen molar-refractivity contribution in [2.24, 2.45) is 13.0 Å². The number of fused-ring (bicyclic) bond motifs is 1. The lowest BCUT2D eigenvalue weighted by Crippen LogP contribution is -2.39. The summed E-state index contributed by atoms with van der Waals surface area (Å²) in [5.74, 6) is 1.85. The number of hydrogen-bond donors (Lipinski definition) is 0. The zero-order chi connectivity index (χ0) is 17.4. The van der Waals surface area contributed by atoms with Crippen molar-refractivity contribution < 1.29 is 9.21 Å². The van der Waals surface area contributed by atoms with E-state index < -0.39 is 0 Å². The van der Waals surface area contributed by atoms with E-state index in [1.165, 1.54) is 11.8 Å². The van der Waals surface area contributed by atoms with Gasteiger partial charge in [0.2, 0.25) is 5.91 Å². The third-order valence-electron chi connectivity index (χ3n) is 5.12. The molecule has 2 aromatic heterocycles. The van der Waals surface area contributed by atoms with Crippen molar-refractivity contribution in [2.45, 2.75) is 42.6 Å². The fraction of sp³-hybridized carbons (Fsp3) is 0.588. The third kappa shape index (κ3) is 3.32. The van der Waals surface area contributed by atoms with Crippen LogP contribution in [0.4, 0.5) is 0 Å². The second-order valence-electron chi connectivity index (χ2n) is 6.80. The Morgan fingerprint density at radius 3 is 3.04 bits per heavy atom. The van der Waals surface area contributed by atoms with E-state index in [1.807, 2.05) is 30.7 Å². The predicted molar refractivity (Wildman–Crippen MR) is 93.0 cm³/mol. The molecule has 8 heteroatoms. The maximum Gasteiger partial charge on any atom is 0.222 e. The third-order valence-corrected chi connectivity index (χ3v) is 6.10. The van der Waals surface area contributed by atoms with Crippen molar-refractivity contribution in [1.29, 1.82) is 0 Å². The van der Waals surface area contributed by atoms with Crippen molar-refractivity contribution >= 4 is 17.7 Å². The average Bonchev–Trinajstić information content (AvgIpc) is 3.34. The van der Waals surface area contributed by atoms with Crippen LogP contribution in [-0.4, -0.2) is 56.1 Å². The number of aryl methyl sites for hydroxylation is 1. The highest BCUT2D eigenvalue weighted by Gasteiger charge is 2.42. The first-order chi connectivity index (χ1) is 12.1. The number of furan rings is 1. The second kappa shape index (κ2) is 6.84. The molecule has 0 aliphatic carbocycles. The van der Waals surface area contributed by atoms with E-state index in [1.54, 1.807) is 6.33 Å². The fourth-order valence-corrected chi connectivity index (χ4v) is 4.61. The van der Waals surface area contributed by atoms with E-state index >= 15 is 0 Å². The SMILES string of the molecule is CCC(=O)N1CC[C@H]2CN(Cc3ccc(Sc4nncn4C)o3)C[C@H]21. The number of aromatic nitrogens is 3. The number of rotatable bonds is 5. The normalized spacial score (nSPS) is 23.4. The van der Waals surface area contributed by atoms with Gasteiger partial charge in [0, 0.05) is 39.1 Å². The van der Waals surface area contributed by atoms with Gasteiger partial charge in [-0.2, -0.15) is 0 Å². The monoisotopic (exact) mass is 361 g/mol. The Hall–Kier alpha value is -1.80. The lowest BCUT2D eigenvalue weighted by atomic mass is 10.1. The first kappa shape index (κ1) is 16.7. The molecule has 2 saturated heterocycles. The van der Waals surface area contributed by atoms with Gasteiger partial charge in [0.25, 0.3) is 0 Å². The number of carbonyl (C=O) groups excluding carboxylic acids is 1. The maximum atomic E-state index is 12.1. The van der Waals surface area contributed by atoms with Crippen LogP contribution in [0.3, 0.4) is 0 Å². The quantitative estimate of drug-likeness (QED) is 0.811. The molecule has 2 aliphatic rings. The van der Waals surface area contributed by atoms with Crippen LogP contribution in [0, 0.1) is 5.92 Å². The number of carbonyl (C=O) groups is 1. The van der Waals surface area contributed by atoms with E-state index in [0.29, 0.717) is 18.4 Å². The van der Waals surface area contributed by atoms with E-state index in [4.69, 9.17) is 4.42 Å². The minimum absolute atomic E-state index is 0.287. The molecule has 1 amide bonds. The van der Waals surface area contributed by atoms with Crippen LogP contribution in [0.2, 0.25) is 0 Å². The van der Waals surface area contributed by atoms with Crippen molar-refractivity contribution in [1.82, 2.24) is 24.6 Å². The van der Waals surface area contributed by atoms with Crippen molar-refractivity contribution in [3.05, 3.63) is 24.2 Å². The highest BCUT2D eigenvalue weighted by atomic mass is 32.2. The van der Waals surface area contributed by atoms with Crippen LogP contribution in [0.1, 0.15) is 25.5 Å². The second-order valence-corrected chi connectivity index (χ2v) is 7.77. The van der Waals surface area contributed by atoms with Crippen LogP contribution in [0.15, 0.2) is 33.1 Å². The van der Waals surface area contributed by atoms with E-state index in [-0.39, 0.29) is 5.91 Å². The topological polar surface area (TPSA) is 67.4 Å². The molecule has 4 heterocycles. The zero-order valence-corrected chi connectivity index (χ0v) is 15.4. The molecule has 2 fully saturated rings. The van der Waals surface area contributed by atoms with Crippen LogP contribution in [0.5, 0.6) is 0 Å². The number of nitrogens with zero attached hydrogens (tertiary/aromatic N) is 5. The van der Waals surface area contributed by atoms with Crippen molar-refractivity contribution in [3.63, 3.8) is 0 Å². The number of hydrogen-bond acceptors (Lipinski definition) is 6. The van der Waals surface area contributed by atoms with Gasteiger partial charge in [-0.05, 0) is 36.2 Å². The summed E-state index contributed by atoms with van der Waals surface area (Å²) in [6.45, 7) is 5.66. The Morgan fingerprint density at radius 2 is 2.28 bits per heavy atom. The van der Waals surface area contributed by atoms with Crippen LogP contribution < -0.4 is 0 Å². The molecule has 134 valence electrons. The molecule has 2 aliphatic heterocycles. The fourth-order valence-electron chi connectivity index (χ4n) is 3.86. The van der Waals surface area contributed by atoms with E-state index in [0.717, 1.165) is 48.6 Å². The largest absolute Gasteiger partial charge is 0.453 e. The first-order valence-corrected chi connectivity index (χ1v) is 9.58. The molecule has 0 unspecified atom stereocenters. The van der Waals surface area contributed by atoms with E-state index in [9.17, 15) is 4.79 Å². The molecule has 0 saturated carbocycles. The predicted octanol–water partition coefficient (Wildman–Crippen LogP) is 2.00. The zero-order valence-electron chi connectivity index (χ0n) is 14.6. The smallest absolute Gasteiger partial charge is 0.222 e. The van der Waals surface area contributed by atoms with Gasteiger partial charge in [-0.15, -0.1) is 10.2 Å². The van der Waals surface area contributed by atoms with Gasteiger partial charge in [0.15, 0.2) is 10.2 Å². The van der Waals surface area contributed by atoms with Gasteiger partial charge < -0.3 is 13.9 Å². The Kier molecular flexibility index (Phi) is 4.56. The van der Waals surface area contributed by atoms with Gasteiger partial charge >= 0.3 is 0 Å². The number of likely N-dealkylation sites (tertiary alicyclic amines) is 2. The van der Waals surface area contributed by atoms with Gasteiger partial charge in [-0.25, -0.2) is 0 Å². The molecule has 2 atom stereocenters. The highest BCUT2D eigenvalue weighted by molar-refractivity contribution is 7.99. The summed E-state index contributed by atoms with van der Waals surface area (Å²) in [5.41, 5.74) is 0. The minimum atomic E-state index is 0.287. The molecule has 4 rings (SSSR count). The Balaban J connectivity index is 1.36. The van der Waals surface area contributed by atoms with Crippen LogP contribution in [0.25, 0.3) is 0 Å². The van der Waals surface area contributed by atoms with Gasteiger partial charge in [0.1, 0.15) is 12.1 Å². The molecule has 0 aromatic carbocycles. The van der Waals surface area contributed by atoms with Crippen LogP contribution in [-0.2, 0) is 18.4 Å². The lowest BCUT2D eigenvalue weighted by molar-refractivity contribution is -0.131. The van der Waals surface area contributed by atoms with Crippen molar-refractivity contribution in [2.75, 3.05) is 19.6 Å². The standard InChI is InChI=1S/C17H23N5O2S/c1-3-15(23)22-7-6-12-8-21(10-14(12)22)9-13-4-5-16(24-13)25-17-19-18-11-20(17)2/h4-5,11-12,14H,3,6-10H2,1-2H3/t12-,14+/m0/s1. The summed E-state index contributed by atoms with van der Waals surface area (Å²) < 4.78 is 7.82. The molecule has 7 nitrogen and oxygen atoms in total. The Bertz CT molecular complexity index is 758. The van der Waals surface area contributed by atoms with E-state index in [2.05, 4.69) is 20.0 Å². The highest BCUT2D eigenvalue weighted by Crippen LogP contribution is 2.33. The summed E-state index contributed by atoms with van der Waals surface area (Å²) in [7, 11) is 1.92. The first-order valence-electron chi connectivity index (χ1n) is 8.76. The minimum Gasteiger partial charge on any atom is -0.453 e.